The van der Waals surface area contributed by atoms with Gasteiger partial charge in [-0.25, -0.2) is 9.97 Å². The molecule has 1 N–H and O–H groups in total. The van der Waals surface area contributed by atoms with Crippen LogP contribution in [-0.4, -0.2) is 75.9 Å². The lowest BCUT2D eigenvalue weighted by molar-refractivity contribution is -0.0782. The molecule has 1 saturated heterocycles. The van der Waals surface area contributed by atoms with Crippen LogP contribution in [0.3, 0.4) is 0 Å². The molecular weight excluding hydrogens is 292 g/mol. The number of β-amino-alcohol motifs (C(OH)–C–C–N with tert-alkyl or cyclic N) is 1. The molecule has 0 amide bonds. The van der Waals surface area contributed by atoms with Crippen molar-refractivity contribution in [3.05, 3.63) is 23.3 Å². The lowest BCUT2D eigenvalue weighted by Crippen LogP contribution is -2.50. The number of fused-ring (bicyclic) bond motifs is 1. The minimum absolute atomic E-state index is 0.243. The van der Waals surface area contributed by atoms with E-state index in [0.29, 0.717) is 13.1 Å². The van der Waals surface area contributed by atoms with E-state index in [4.69, 9.17) is 4.74 Å². The molecule has 0 aromatic carbocycles. The maximum Gasteiger partial charge on any atom is 0.125 e. The van der Waals surface area contributed by atoms with Gasteiger partial charge in [0.1, 0.15) is 5.82 Å². The number of aryl methyl sites for hydroxylation is 1. The third-order valence-corrected chi connectivity index (χ3v) is 4.58. The van der Waals surface area contributed by atoms with Crippen LogP contribution < -0.4 is 0 Å². The SMILES string of the molecule is Cc1ncc2c(n1)CN(C[C@H](O)CN1C[C@@H](C)O[C@@H](C)C1)CC2. The average molecular weight is 320 g/mol. The molecule has 0 spiro atoms. The Labute approximate surface area is 138 Å². The molecule has 6 nitrogen and oxygen atoms in total. The van der Waals surface area contributed by atoms with Crippen LogP contribution in [0.2, 0.25) is 0 Å². The van der Waals surface area contributed by atoms with Crippen molar-refractivity contribution >= 4 is 0 Å². The van der Waals surface area contributed by atoms with E-state index >= 15 is 0 Å². The fraction of sp³-hybridized carbons (Fsp3) is 0.765. The molecule has 0 saturated carbocycles. The average Bonchev–Trinajstić information content (AvgIpc) is 2.45. The molecule has 2 aliphatic heterocycles. The Morgan fingerprint density at radius 3 is 2.70 bits per heavy atom. The molecular formula is C17H28N4O2. The second-order valence-electron chi connectivity index (χ2n) is 7.00. The van der Waals surface area contributed by atoms with Gasteiger partial charge in [0.25, 0.3) is 0 Å². The standard InChI is InChI=1S/C17H28N4O2/c1-12-7-21(8-13(2)23-12)10-16(22)9-20-5-4-15-6-18-14(3)19-17(15)11-20/h6,12-13,16,22H,4-5,7-11H2,1-3H3/t12-,13+,16-/m0/s1. The first kappa shape index (κ1) is 16.8. The summed E-state index contributed by atoms with van der Waals surface area (Å²) >= 11 is 0. The Morgan fingerprint density at radius 1 is 1.26 bits per heavy atom. The summed E-state index contributed by atoms with van der Waals surface area (Å²) < 4.78 is 5.75. The van der Waals surface area contributed by atoms with Gasteiger partial charge in [-0.1, -0.05) is 0 Å². The summed E-state index contributed by atoms with van der Waals surface area (Å²) in [6.07, 6.45) is 3.06. The second kappa shape index (κ2) is 7.21. The summed E-state index contributed by atoms with van der Waals surface area (Å²) in [4.78, 5) is 13.4. The maximum atomic E-state index is 10.5. The molecule has 3 rings (SSSR count). The van der Waals surface area contributed by atoms with Crippen LogP contribution in [-0.2, 0) is 17.7 Å². The van der Waals surface area contributed by atoms with E-state index in [1.165, 1.54) is 5.56 Å². The van der Waals surface area contributed by atoms with Crippen molar-refractivity contribution < 1.29 is 9.84 Å². The highest BCUT2D eigenvalue weighted by atomic mass is 16.5. The van der Waals surface area contributed by atoms with E-state index in [-0.39, 0.29) is 18.3 Å². The van der Waals surface area contributed by atoms with E-state index in [1.54, 1.807) is 0 Å². The highest BCUT2D eigenvalue weighted by Crippen LogP contribution is 2.17. The number of ether oxygens (including phenoxy) is 1. The lowest BCUT2D eigenvalue weighted by atomic mass is 10.1. The van der Waals surface area contributed by atoms with Crippen molar-refractivity contribution in [2.75, 3.05) is 32.7 Å². The van der Waals surface area contributed by atoms with Crippen LogP contribution in [0, 0.1) is 6.92 Å². The number of aromatic nitrogens is 2. The fourth-order valence-electron chi connectivity index (χ4n) is 3.70. The van der Waals surface area contributed by atoms with Crippen LogP contribution >= 0.6 is 0 Å². The molecule has 128 valence electrons. The fourth-order valence-corrected chi connectivity index (χ4v) is 3.70. The summed E-state index contributed by atoms with van der Waals surface area (Å²) in [5, 5.41) is 10.5. The van der Waals surface area contributed by atoms with Gasteiger partial charge in [0.2, 0.25) is 0 Å². The largest absolute Gasteiger partial charge is 0.390 e. The molecule has 0 bridgehead atoms. The van der Waals surface area contributed by atoms with Gasteiger partial charge < -0.3 is 9.84 Å². The van der Waals surface area contributed by atoms with Crippen molar-refractivity contribution in [2.45, 2.75) is 52.0 Å². The summed E-state index contributed by atoms with van der Waals surface area (Å²) in [5.74, 6) is 0.822. The Kier molecular flexibility index (Phi) is 5.26. The molecule has 23 heavy (non-hydrogen) atoms. The van der Waals surface area contributed by atoms with Crippen molar-refractivity contribution in [3.63, 3.8) is 0 Å². The van der Waals surface area contributed by atoms with Gasteiger partial charge in [-0.05, 0) is 32.8 Å². The van der Waals surface area contributed by atoms with E-state index in [2.05, 4.69) is 33.6 Å². The van der Waals surface area contributed by atoms with Gasteiger partial charge in [0.05, 0.1) is 24.0 Å². The second-order valence-corrected chi connectivity index (χ2v) is 7.00. The first-order valence-electron chi connectivity index (χ1n) is 8.59. The highest BCUT2D eigenvalue weighted by molar-refractivity contribution is 5.20. The number of nitrogens with zero attached hydrogens (tertiary/aromatic N) is 4. The zero-order valence-corrected chi connectivity index (χ0v) is 14.4. The number of hydrogen-bond donors (Lipinski definition) is 1. The summed E-state index contributed by atoms with van der Waals surface area (Å²) in [5.41, 5.74) is 2.36. The third kappa shape index (κ3) is 4.47. The molecule has 2 aliphatic rings. The number of hydrogen-bond acceptors (Lipinski definition) is 6. The first-order chi connectivity index (χ1) is 11.0. The number of aliphatic hydroxyl groups excluding tert-OH is 1. The van der Waals surface area contributed by atoms with Crippen molar-refractivity contribution in [1.29, 1.82) is 0 Å². The minimum Gasteiger partial charge on any atom is -0.390 e. The van der Waals surface area contributed by atoms with E-state index < -0.39 is 0 Å². The van der Waals surface area contributed by atoms with Crippen LogP contribution in [0.1, 0.15) is 30.9 Å². The Bertz CT molecular complexity index is 529. The van der Waals surface area contributed by atoms with Crippen LogP contribution in [0.25, 0.3) is 0 Å². The topological polar surface area (TPSA) is 61.7 Å². The highest BCUT2D eigenvalue weighted by Gasteiger charge is 2.25. The van der Waals surface area contributed by atoms with Gasteiger partial charge in [-0.2, -0.15) is 0 Å². The predicted octanol–water partition coefficient (Wildman–Crippen LogP) is 0.613. The minimum atomic E-state index is -0.336. The number of morpholine rings is 1. The molecule has 1 aromatic heterocycles. The van der Waals surface area contributed by atoms with Gasteiger partial charge in [0.15, 0.2) is 0 Å². The quantitative estimate of drug-likeness (QED) is 0.877. The Hall–Kier alpha value is -1.08. The number of rotatable bonds is 4. The van der Waals surface area contributed by atoms with E-state index in [1.807, 2.05) is 13.1 Å². The summed E-state index contributed by atoms with van der Waals surface area (Å²) in [6, 6.07) is 0. The summed E-state index contributed by atoms with van der Waals surface area (Å²) in [7, 11) is 0. The monoisotopic (exact) mass is 320 g/mol. The van der Waals surface area contributed by atoms with Gasteiger partial charge in [-0.3, -0.25) is 9.80 Å². The van der Waals surface area contributed by atoms with Crippen LogP contribution in [0.4, 0.5) is 0 Å². The molecule has 0 radical (unpaired) electrons. The molecule has 0 unspecified atom stereocenters. The van der Waals surface area contributed by atoms with Crippen molar-refractivity contribution in [2.24, 2.45) is 0 Å². The van der Waals surface area contributed by atoms with Gasteiger partial charge >= 0.3 is 0 Å². The van der Waals surface area contributed by atoms with E-state index in [0.717, 1.165) is 44.1 Å². The Balaban J connectivity index is 1.51. The first-order valence-corrected chi connectivity index (χ1v) is 8.59. The lowest BCUT2D eigenvalue weighted by Gasteiger charge is -2.37. The number of aliphatic hydroxyl groups is 1. The normalized spacial score (nSPS) is 27.7. The van der Waals surface area contributed by atoms with Crippen LogP contribution in [0.5, 0.6) is 0 Å². The van der Waals surface area contributed by atoms with Crippen molar-refractivity contribution in [1.82, 2.24) is 19.8 Å². The molecule has 3 heterocycles. The zero-order valence-electron chi connectivity index (χ0n) is 14.4. The van der Waals surface area contributed by atoms with E-state index in [9.17, 15) is 5.11 Å². The molecule has 0 aliphatic carbocycles. The van der Waals surface area contributed by atoms with Gasteiger partial charge in [0, 0.05) is 45.5 Å². The zero-order chi connectivity index (χ0) is 16.4. The third-order valence-electron chi connectivity index (χ3n) is 4.58. The molecule has 3 atom stereocenters. The maximum absolute atomic E-state index is 10.5. The predicted molar refractivity (Wildman–Crippen MR) is 88.2 cm³/mol. The Morgan fingerprint density at radius 2 is 1.96 bits per heavy atom. The smallest absolute Gasteiger partial charge is 0.125 e. The molecule has 1 aromatic rings. The summed E-state index contributed by atoms with van der Waals surface area (Å²) in [6.45, 7) is 11.1. The molecule has 6 heteroatoms. The van der Waals surface area contributed by atoms with Crippen LogP contribution in [0.15, 0.2) is 6.20 Å². The molecule has 1 fully saturated rings. The van der Waals surface area contributed by atoms with Crippen molar-refractivity contribution in [3.8, 4) is 0 Å². The van der Waals surface area contributed by atoms with Gasteiger partial charge in [-0.15, -0.1) is 0 Å².